The Morgan fingerprint density at radius 3 is 2.82 bits per heavy atom. The summed E-state index contributed by atoms with van der Waals surface area (Å²) in [4.78, 5) is 3.99. The number of nitrogens with zero attached hydrogens (tertiary/aromatic N) is 1. The number of aromatic nitrogens is 1. The van der Waals surface area contributed by atoms with Gasteiger partial charge in [0.1, 0.15) is 0 Å². The Bertz CT molecular complexity index is 235. The van der Waals surface area contributed by atoms with Crippen LogP contribution in [0.4, 0.5) is 0 Å². The van der Waals surface area contributed by atoms with Gasteiger partial charge in [-0.15, -0.1) is 0 Å². The third-order valence-electron chi connectivity index (χ3n) is 1.42. The van der Waals surface area contributed by atoms with Crippen molar-refractivity contribution in [2.75, 3.05) is 0 Å². The molecule has 1 aromatic rings. The molecule has 1 atom stereocenters. The summed E-state index contributed by atoms with van der Waals surface area (Å²) in [5.41, 5.74) is 1.18. The van der Waals surface area contributed by atoms with Gasteiger partial charge in [-0.25, -0.2) is 0 Å². The summed E-state index contributed by atoms with van der Waals surface area (Å²) in [6, 6.07) is 5.20. The molecule has 2 N–H and O–H groups in total. The Labute approximate surface area is 65.3 Å². The lowest BCUT2D eigenvalue weighted by Crippen LogP contribution is -1.98. The van der Waals surface area contributed by atoms with Crippen LogP contribution in [0, 0.1) is 0 Å². The third kappa shape index (κ3) is 2.00. The monoisotopic (exact) mass is 153 g/mol. The lowest BCUT2D eigenvalue weighted by atomic mass is 10.2. The third-order valence-corrected chi connectivity index (χ3v) is 1.42. The van der Waals surface area contributed by atoms with E-state index >= 15 is 0 Å². The van der Waals surface area contributed by atoms with Crippen LogP contribution in [0.25, 0.3) is 0 Å². The van der Waals surface area contributed by atoms with E-state index in [9.17, 15) is 0 Å². The van der Waals surface area contributed by atoms with Crippen LogP contribution in [0.3, 0.4) is 0 Å². The van der Waals surface area contributed by atoms with E-state index in [0.29, 0.717) is 11.4 Å². The second-order valence-electron chi connectivity index (χ2n) is 2.39. The number of hydrogen-bond acceptors (Lipinski definition) is 3. The maximum absolute atomic E-state index is 9.10. The van der Waals surface area contributed by atoms with E-state index in [2.05, 4.69) is 4.98 Å². The predicted molar refractivity (Wildman–Crippen MR) is 40.8 cm³/mol. The summed E-state index contributed by atoms with van der Waals surface area (Å²) in [5, 5.41) is 17.8. The van der Waals surface area contributed by atoms with Crippen LogP contribution in [0.2, 0.25) is 0 Å². The predicted octanol–water partition coefficient (Wildman–Crippen LogP) is 0.627. The molecule has 0 radical (unpaired) electrons. The molecule has 1 aromatic heterocycles. The van der Waals surface area contributed by atoms with Crippen molar-refractivity contribution in [3.63, 3.8) is 0 Å². The number of aliphatic hydroxyl groups excluding tert-OH is 2. The summed E-state index contributed by atoms with van der Waals surface area (Å²) in [6.45, 7) is 1.56. The first-order valence-electron chi connectivity index (χ1n) is 3.49. The van der Waals surface area contributed by atoms with Crippen molar-refractivity contribution in [3.8, 4) is 0 Å². The molecule has 60 valence electrons. The molecule has 3 nitrogen and oxygen atoms in total. The minimum atomic E-state index is -0.568. The summed E-state index contributed by atoms with van der Waals surface area (Å²) >= 11 is 0. The Morgan fingerprint density at radius 1 is 1.55 bits per heavy atom. The van der Waals surface area contributed by atoms with Crippen LogP contribution >= 0.6 is 0 Å². The van der Waals surface area contributed by atoms with E-state index < -0.39 is 6.10 Å². The molecule has 0 unspecified atom stereocenters. The summed E-state index contributed by atoms with van der Waals surface area (Å²) in [7, 11) is 0. The molecule has 0 bridgehead atoms. The lowest BCUT2D eigenvalue weighted by Gasteiger charge is -2.03. The van der Waals surface area contributed by atoms with Crippen molar-refractivity contribution < 1.29 is 10.2 Å². The minimum absolute atomic E-state index is 0.0828. The van der Waals surface area contributed by atoms with Gasteiger partial charge in [0.25, 0.3) is 0 Å². The van der Waals surface area contributed by atoms with Crippen molar-refractivity contribution in [2.45, 2.75) is 19.6 Å². The molecule has 11 heavy (non-hydrogen) atoms. The van der Waals surface area contributed by atoms with Crippen LogP contribution in [0.5, 0.6) is 0 Å². The van der Waals surface area contributed by atoms with Crippen molar-refractivity contribution in [1.82, 2.24) is 4.98 Å². The topological polar surface area (TPSA) is 53.4 Å². The molecular formula is C8H11NO2. The van der Waals surface area contributed by atoms with Gasteiger partial charge in [-0.3, -0.25) is 4.98 Å². The fourth-order valence-corrected chi connectivity index (χ4v) is 0.819. The zero-order valence-corrected chi connectivity index (χ0v) is 6.36. The van der Waals surface area contributed by atoms with E-state index in [1.807, 2.05) is 0 Å². The molecule has 0 spiro atoms. The molecular weight excluding hydrogens is 142 g/mol. The van der Waals surface area contributed by atoms with Crippen LogP contribution in [-0.2, 0) is 6.61 Å². The number of aliphatic hydroxyl groups is 2. The van der Waals surface area contributed by atoms with Crippen LogP contribution in [0.15, 0.2) is 18.2 Å². The summed E-state index contributed by atoms with van der Waals surface area (Å²) < 4.78 is 0. The summed E-state index contributed by atoms with van der Waals surface area (Å²) in [5.74, 6) is 0. The Morgan fingerprint density at radius 2 is 2.27 bits per heavy atom. The number of rotatable bonds is 2. The molecule has 0 aliphatic carbocycles. The van der Waals surface area contributed by atoms with Gasteiger partial charge >= 0.3 is 0 Å². The van der Waals surface area contributed by atoms with Crippen LogP contribution in [-0.4, -0.2) is 15.2 Å². The minimum Gasteiger partial charge on any atom is -0.390 e. The van der Waals surface area contributed by atoms with E-state index in [1.54, 1.807) is 25.1 Å². The first-order valence-corrected chi connectivity index (χ1v) is 3.49. The van der Waals surface area contributed by atoms with Gasteiger partial charge in [-0.2, -0.15) is 0 Å². The highest BCUT2D eigenvalue weighted by atomic mass is 16.3. The molecule has 3 heteroatoms. The van der Waals surface area contributed by atoms with E-state index in [4.69, 9.17) is 10.2 Å². The molecule has 1 heterocycles. The molecule has 0 aliphatic heterocycles. The fourth-order valence-electron chi connectivity index (χ4n) is 0.819. The summed E-state index contributed by atoms with van der Waals surface area (Å²) in [6.07, 6.45) is -0.568. The second-order valence-corrected chi connectivity index (χ2v) is 2.39. The Balaban J connectivity index is 2.91. The maximum atomic E-state index is 9.10. The SMILES string of the molecule is C[C@@H](O)c1cccc(CO)n1. The molecule has 0 amide bonds. The van der Waals surface area contributed by atoms with E-state index in [1.165, 1.54) is 0 Å². The van der Waals surface area contributed by atoms with E-state index in [-0.39, 0.29) is 6.61 Å². The van der Waals surface area contributed by atoms with Gasteiger partial charge in [0, 0.05) is 0 Å². The van der Waals surface area contributed by atoms with Crippen molar-refractivity contribution >= 4 is 0 Å². The first kappa shape index (κ1) is 8.17. The lowest BCUT2D eigenvalue weighted by molar-refractivity contribution is 0.193. The zero-order valence-electron chi connectivity index (χ0n) is 6.36. The molecule has 0 aromatic carbocycles. The average molecular weight is 153 g/mol. The first-order chi connectivity index (χ1) is 5.24. The van der Waals surface area contributed by atoms with Gasteiger partial charge in [0.05, 0.1) is 24.1 Å². The largest absolute Gasteiger partial charge is 0.390 e. The van der Waals surface area contributed by atoms with Gasteiger partial charge in [-0.1, -0.05) is 6.07 Å². The van der Waals surface area contributed by atoms with Crippen LogP contribution in [0.1, 0.15) is 24.4 Å². The Kier molecular flexibility index (Phi) is 2.57. The average Bonchev–Trinajstić information content (AvgIpc) is 2.05. The standard InChI is InChI=1S/C8H11NO2/c1-6(11)8-4-2-3-7(5-10)9-8/h2-4,6,10-11H,5H2,1H3/t6-/m1/s1. The quantitative estimate of drug-likeness (QED) is 0.655. The van der Waals surface area contributed by atoms with Crippen molar-refractivity contribution in [2.24, 2.45) is 0 Å². The van der Waals surface area contributed by atoms with Gasteiger partial charge in [0.15, 0.2) is 0 Å². The zero-order chi connectivity index (χ0) is 8.27. The highest BCUT2D eigenvalue weighted by Gasteiger charge is 2.01. The molecule has 0 fully saturated rings. The molecule has 0 saturated carbocycles. The number of hydrogen-bond donors (Lipinski definition) is 2. The van der Waals surface area contributed by atoms with Crippen molar-refractivity contribution in [3.05, 3.63) is 29.6 Å². The van der Waals surface area contributed by atoms with Crippen molar-refractivity contribution in [1.29, 1.82) is 0 Å². The van der Waals surface area contributed by atoms with Crippen LogP contribution < -0.4 is 0 Å². The highest BCUT2D eigenvalue weighted by molar-refractivity contribution is 5.11. The highest BCUT2D eigenvalue weighted by Crippen LogP contribution is 2.08. The molecule has 0 saturated heterocycles. The molecule has 1 rings (SSSR count). The maximum Gasteiger partial charge on any atom is 0.0931 e. The smallest absolute Gasteiger partial charge is 0.0931 e. The Hall–Kier alpha value is -0.930. The van der Waals surface area contributed by atoms with E-state index in [0.717, 1.165) is 0 Å². The van der Waals surface area contributed by atoms with Gasteiger partial charge in [-0.05, 0) is 19.1 Å². The fraction of sp³-hybridized carbons (Fsp3) is 0.375. The van der Waals surface area contributed by atoms with Gasteiger partial charge in [0.2, 0.25) is 0 Å². The molecule has 0 aliphatic rings. The van der Waals surface area contributed by atoms with Gasteiger partial charge < -0.3 is 10.2 Å². The number of pyridine rings is 1. The normalized spacial score (nSPS) is 13.0. The second kappa shape index (κ2) is 3.46.